The van der Waals surface area contributed by atoms with Crippen molar-refractivity contribution < 1.29 is 4.74 Å². The van der Waals surface area contributed by atoms with E-state index in [1.165, 1.54) is 4.88 Å². The first-order valence-corrected chi connectivity index (χ1v) is 4.08. The summed E-state index contributed by atoms with van der Waals surface area (Å²) in [5, 5.41) is 8.62. The van der Waals surface area contributed by atoms with Crippen molar-refractivity contribution in [3.05, 3.63) is 21.9 Å². The van der Waals surface area contributed by atoms with Gasteiger partial charge in [0, 0.05) is 16.9 Å². The van der Waals surface area contributed by atoms with Crippen LogP contribution in [-0.4, -0.2) is 7.11 Å². The van der Waals surface area contributed by atoms with Gasteiger partial charge in [0.25, 0.3) is 0 Å². The van der Waals surface area contributed by atoms with E-state index in [1.54, 1.807) is 18.4 Å². The lowest BCUT2D eigenvalue weighted by Gasteiger charge is -2.01. The van der Waals surface area contributed by atoms with Gasteiger partial charge in [0.1, 0.15) is 6.07 Å². The number of hydrogen-bond donors (Lipinski definition) is 0. The molecule has 0 saturated heterocycles. The van der Waals surface area contributed by atoms with Gasteiger partial charge in [-0.1, -0.05) is 0 Å². The van der Waals surface area contributed by atoms with E-state index in [0.29, 0.717) is 0 Å². The van der Waals surface area contributed by atoms with Gasteiger partial charge in [-0.25, -0.2) is 0 Å². The number of hydrogen-bond acceptors (Lipinski definition) is 3. The lowest BCUT2D eigenvalue weighted by molar-refractivity contribution is 0.151. The molecule has 0 saturated carbocycles. The molecule has 1 unspecified atom stereocenters. The Morgan fingerprint density at radius 2 is 2.36 bits per heavy atom. The monoisotopic (exact) mass is 167 g/mol. The molecule has 0 amide bonds. The zero-order valence-electron chi connectivity index (χ0n) is 6.50. The Labute approximate surface area is 70.0 Å². The second-order valence-electron chi connectivity index (χ2n) is 2.19. The molecule has 1 aromatic heterocycles. The van der Waals surface area contributed by atoms with E-state index in [9.17, 15) is 0 Å². The average molecular weight is 167 g/mol. The Hall–Kier alpha value is -0.850. The number of aryl methyl sites for hydroxylation is 1. The van der Waals surface area contributed by atoms with Crippen LogP contribution in [0.1, 0.15) is 15.9 Å². The summed E-state index contributed by atoms with van der Waals surface area (Å²) in [6.45, 7) is 2.01. The maximum Gasteiger partial charge on any atom is 0.177 e. The first-order chi connectivity index (χ1) is 5.27. The molecule has 0 N–H and O–H groups in total. The largest absolute Gasteiger partial charge is 0.361 e. The maximum atomic E-state index is 8.62. The smallest absolute Gasteiger partial charge is 0.177 e. The highest BCUT2D eigenvalue weighted by Crippen LogP contribution is 2.23. The molecule has 1 aromatic rings. The van der Waals surface area contributed by atoms with Gasteiger partial charge in [0.05, 0.1) is 0 Å². The number of ether oxygens (including phenoxy) is 1. The highest BCUT2D eigenvalue weighted by molar-refractivity contribution is 7.12. The third-order valence-electron chi connectivity index (χ3n) is 1.37. The van der Waals surface area contributed by atoms with E-state index in [4.69, 9.17) is 10.00 Å². The van der Waals surface area contributed by atoms with Crippen LogP contribution in [0, 0.1) is 18.3 Å². The van der Waals surface area contributed by atoms with E-state index >= 15 is 0 Å². The number of rotatable bonds is 2. The van der Waals surface area contributed by atoms with Gasteiger partial charge < -0.3 is 4.74 Å². The van der Waals surface area contributed by atoms with Crippen LogP contribution >= 0.6 is 11.3 Å². The van der Waals surface area contributed by atoms with Crippen LogP contribution in [-0.2, 0) is 4.74 Å². The molecule has 3 heteroatoms. The van der Waals surface area contributed by atoms with Crippen molar-refractivity contribution in [2.24, 2.45) is 0 Å². The van der Waals surface area contributed by atoms with Crippen molar-refractivity contribution in [1.29, 1.82) is 5.26 Å². The van der Waals surface area contributed by atoms with Crippen LogP contribution in [0.15, 0.2) is 12.1 Å². The highest BCUT2D eigenvalue weighted by Gasteiger charge is 2.09. The number of thiophene rings is 1. The summed E-state index contributed by atoms with van der Waals surface area (Å²) in [5.74, 6) is 0. The summed E-state index contributed by atoms with van der Waals surface area (Å²) in [4.78, 5) is 2.19. The van der Waals surface area contributed by atoms with Gasteiger partial charge >= 0.3 is 0 Å². The summed E-state index contributed by atoms with van der Waals surface area (Å²) in [6.07, 6.45) is -0.395. The molecule has 0 aliphatic heterocycles. The molecule has 0 bridgehead atoms. The number of nitrogens with zero attached hydrogens (tertiary/aromatic N) is 1. The normalized spacial score (nSPS) is 12.5. The summed E-state index contributed by atoms with van der Waals surface area (Å²) < 4.78 is 4.95. The van der Waals surface area contributed by atoms with E-state index in [-0.39, 0.29) is 0 Å². The average Bonchev–Trinajstić information content (AvgIpc) is 2.39. The van der Waals surface area contributed by atoms with Crippen molar-refractivity contribution in [2.75, 3.05) is 7.11 Å². The van der Waals surface area contributed by atoms with Gasteiger partial charge in [0.15, 0.2) is 6.10 Å². The van der Waals surface area contributed by atoms with Crippen LogP contribution in [0.5, 0.6) is 0 Å². The minimum absolute atomic E-state index is 0.395. The highest BCUT2D eigenvalue weighted by atomic mass is 32.1. The molecule has 1 heterocycles. The fourth-order valence-electron chi connectivity index (χ4n) is 0.827. The third kappa shape index (κ3) is 1.79. The summed E-state index contributed by atoms with van der Waals surface area (Å²) in [6, 6.07) is 5.99. The standard InChI is InChI=1S/C8H9NOS/c1-6-3-4-8(11-6)7(5-9)10-2/h3-4,7H,1-2H3. The summed E-state index contributed by atoms with van der Waals surface area (Å²) >= 11 is 1.60. The Bertz CT molecular complexity index is 274. The van der Waals surface area contributed by atoms with E-state index < -0.39 is 6.10 Å². The third-order valence-corrected chi connectivity index (χ3v) is 2.42. The first kappa shape index (κ1) is 8.25. The van der Waals surface area contributed by atoms with Crippen LogP contribution < -0.4 is 0 Å². The van der Waals surface area contributed by atoms with Gasteiger partial charge in [-0.05, 0) is 19.1 Å². The Morgan fingerprint density at radius 1 is 1.64 bits per heavy atom. The summed E-state index contributed by atoms with van der Waals surface area (Å²) in [5.41, 5.74) is 0. The molecule has 58 valence electrons. The summed E-state index contributed by atoms with van der Waals surface area (Å²) in [7, 11) is 1.54. The SMILES string of the molecule is COC(C#N)c1ccc(C)s1. The quantitative estimate of drug-likeness (QED) is 0.677. The molecule has 0 aromatic carbocycles. The van der Waals surface area contributed by atoms with Crippen LogP contribution in [0.25, 0.3) is 0 Å². The van der Waals surface area contributed by atoms with Crippen molar-refractivity contribution >= 4 is 11.3 Å². The number of methoxy groups -OCH3 is 1. The van der Waals surface area contributed by atoms with Crippen molar-refractivity contribution in [3.8, 4) is 6.07 Å². The minimum Gasteiger partial charge on any atom is -0.361 e. The van der Waals surface area contributed by atoms with Crippen LogP contribution in [0.4, 0.5) is 0 Å². The molecule has 1 rings (SSSR count). The van der Waals surface area contributed by atoms with Gasteiger partial charge in [-0.3, -0.25) is 0 Å². The fourth-order valence-corrected chi connectivity index (χ4v) is 1.73. The maximum absolute atomic E-state index is 8.62. The first-order valence-electron chi connectivity index (χ1n) is 3.26. The second kappa shape index (κ2) is 3.51. The Kier molecular flexibility index (Phi) is 2.64. The molecule has 2 nitrogen and oxygen atoms in total. The molecular weight excluding hydrogens is 158 g/mol. The molecule has 1 atom stereocenters. The second-order valence-corrected chi connectivity index (χ2v) is 3.51. The Morgan fingerprint density at radius 3 is 2.73 bits per heavy atom. The molecular formula is C8H9NOS. The van der Waals surface area contributed by atoms with E-state index in [2.05, 4.69) is 6.07 Å². The van der Waals surface area contributed by atoms with Gasteiger partial charge in [-0.2, -0.15) is 5.26 Å². The molecule has 0 fully saturated rings. The molecule has 0 aliphatic carbocycles. The Balaban J connectivity index is 2.84. The lowest BCUT2D eigenvalue weighted by atomic mass is 10.3. The minimum atomic E-state index is -0.395. The fraction of sp³-hybridized carbons (Fsp3) is 0.375. The molecule has 11 heavy (non-hydrogen) atoms. The van der Waals surface area contributed by atoms with Crippen molar-refractivity contribution in [3.63, 3.8) is 0 Å². The molecule has 0 aliphatic rings. The van der Waals surface area contributed by atoms with Gasteiger partial charge in [-0.15, -0.1) is 11.3 Å². The molecule has 0 spiro atoms. The van der Waals surface area contributed by atoms with Gasteiger partial charge in [0.2, 0.25) is 0 Å². The number of nitriles is 1. The van der Waals surface area contributed by atoms with E-state index in [0.717, 1.165) is 4.88 Å². The lowest BCUT2D eigenvalue weighted by Crippen LogP contribution is -1.93. The predicted octanol–water partition coefficient (Wildman–Crippen LogP) is 2.27. The zero-order valence-corrected chi connectivity index (χ0v) is 7.31. The van der Waals surface area contributed by atoms with Crippen LogP contribution in [0.2, 0.25) is 0 Å². The van der Waals surface area contributed by atoms with E-state index in [1.807, 2.05) is 19.1 Å². The van der Waals surface area contributed by atoms with Crippen molar-refractivity contribution in [1.82, 2.24) is 0 Å². The topological polar surface area (TPSA) is 33.0 Å². The molecule has 0 radical (unpaired) electrons. The van der Waals surface area contributed by atoms with Crippen molar-refractivity contribution in [2.45, 2.75) is 13.0 Å². The van der Waals surface area contributed by atoms with Crippen LogP contribution in [0.3, 0.4) is 0 Å². The predicted molar refractivity (Wildman–Crippen MR) is 44.4 cm³/mol. The zero-order chi connectivity index (χ0) is 8.27.